The number of likely N-dealkylation sites (N-methyl/N-ethyl adjacent to an activating group) is 2. The van der Waals surface area contributed by atoms with Crippen LogP contribution in [0.4, 0.5) is 0 Å². The lowest BCUT2D eigenvalue weighted by molar-refractivity contribution is 0.302. The summed E-state index contributed by atoms with van der Waals surface area (Å²) in [7, 11) is 4.32. The zero-order chi connectivity index (χ0) is 32.2. The maximum Gasteiger partial charge on any atom is 0.0934 e. The van der Waals surface area contributed by atoms with E-state index < -0.39 is 0 Å². The summed E-state index contributed by atoms with van der Waals surface area (Å²) >= 11 is 19.0. The summed E-state index contributed by atoms with van der Waals surface area (Å²) in [5, 5.41) is 4.20. The van der Waals surface area contributed by atoms with Crippen LogP contribution in [0.15, 0.2) is 103 Å². The van der Waals surface area contributed by atoms with Crippen LogP contribution in [0.25, 0.3) is 0 Å². The van der Waals surface area contributed by atoms with Crippen molar-refractivity contribution in [1.29, 1.82) is 0 Å². The van der Waals surface area contributed by atoms with Gasteiger partial charge in [-0.25, -0.2) is 0 Å². The fourth-order valence-corrected chi connectivity index (χ4v) is 7.98. The lowest BCUT2D eigenvalue weighted by Gasteiger charge is -2.28. The van der Waals surface area contributed by atoms with Gasteiger partial charge in [0.15, 0.2) is 0 Å². The third kappa shape index (κ3) is 16.3. The predicted octanol–water partition coefficient (Wildman–Crippen LogP) is 12.3. The maximum absolute atomic E-state index is 6.15. The van der Waals surface area contributed by atoms with E-state index in [-0.39, 0.29) is 0 Å². The van der Waals surface area contributed by atoms with Crippen LogP contribution in [0.5, 0.6) is 0 Å². The largest absolute Gasteiger partial charge is 0.301 e. The van der Waals surface area contributed by atoms with Gasteiger partial charge in [-0.15, -0.1) is 45.8 Å². The summed E-state index contributed by atoms with van der Waals surface area (Å²) in [6.45, 7) is 24.1. The second-order valence-electron chi connectivity index (χ2n) is 9.75. The fraction of sp³-hybridized carbons (Fsp3) is 0.314. The summed E-state index contributed by atoms with van der Waals surface area (Å²) in [4.78, 5) is 10.3. The minimum atomic E-state index is 0.472. The Morgan fingerprint density at radius 1 is 0.953 bits per heavy atom. The van der Waals surface area contributed by atoms with Crippen LogP contribution < -0.4 is 0 Å². The van der Waals surface area contributed by atoms with Crippen molar-refractivity contribution in [3.05, 3.63) is 137 Å². The number of hydrogen-bond donors (Lipinski definition) is 0. The summed E-state index contributed by atoms with van der Waals surface area (Å²) in [5.41, 5.74) is 2.88. The molecule has 1 unspecified atom stereocenters. The summed E-state index contributed by atoms with van der Waals surface area (Å²) in [5.74, 6) is 0.472. The van der Waals surface area contributed by atoms with Gasteiger partial charge in [-0.3, -0.25) is 0 Å². The molecule has 0 fully saturated rings. The molecule has 0 saturated carbocycles. The Balaban J connectivity index is 0.000000312. The van der Waals surface area contributed by atoms with Crippen LogP contribution in [0.2, 0.25) is 8.67 Å². The molecule has 0 amide bonds. The first-order chi connectivity index (χ1) is 20.6. The predicted molar refractivity (Wildman–Crippen MR) is 204 cm³/mol. The number of hydrogen-bond acceptors (Lipinski definition) is 6. The zero-order valence-corrected chi connectivity index (χ0v) is 30.9. The van der Waals surface area contributed by atoms with E-state index in [1.807, 2.05) is 6.92 Å². The highest BCUT2D eigenvalue weighted by atomic mass is 35.5. The minimum absolute atomic E-state index is 0.472. The van der Waals surface area contributed by atoms with Crippen molar-refractivity contribution < 1.29 is 0 Å². The van der Waals surface area contributed by atoms with E-state index in [2.05, 4.69) is 111 Å². The van der Waals surface area contributed by atoms with Crippen LogP contribution in [0.3, 0.4) is 0 Å². The van der Waals surface area contributed by atoms with Gasteiger partial charge in [-0.1, -0.05) is 92.0 Å². The maximum atomic E-state index is 6.15. The molecule has 5 rings (SSSR count). The van der Waals surface area contributed by atoms with Crippen LogP contribution in [0, 0.1) is 6.92 Å². The highest BCUT2D eigenvalue weighted by Crippen LogP contribution is 2.38. The van der Waals surface area contributed by atoms with Gasteiger partial charge in [0.2, 0.25) is 0 Å². The Morgan fingerprint density at radius 3 is 2.09 bits per heavy atom. The van der Waals surface area contributed by atoms with Gasteiger partial charge in [0.1, 0.15) is 0 Å². The van der Waals surface area contributed by atoms with Crippen molar-refractivity contribution >= 4 is 69.0 Å². The normalized spacial score (nSPS) is 15.9. The van der Waals surface area contributed by atoms with E-state index in [9.17, 15) is 0 Å². The molecular formula is C35H46Cl2N2S4. The van der Waals surface area contributed by atoms with Gasteiger partial charge in [-0.2, -0.15) is 0 Å². The first-order valence-electron chi connectivity index (χ1n) is 13.9. The topological polar surface area (TPSA) is 6.48 Å². The molecule has 234 valence electrons. The van der Waals surface area contributed by atoms with E-state index in [0.717, 1.165) is 34.7 Å². The molecule has 43 heavy (non-hydrogen) atoms. The molecule has 3 aromatic heterocycles. The quantitative estimate of drug-likeness (QED) is 0.246. The summed E-state index contributed by atoms with van der Waals surface area (Å²) < 4.78 is 1.85. The number of nitrogens with zero attached hydrogens (tertiary/aromatic N) is 2. The molecule has 0 radical (unpaired) electrons. The second kappa shape index (κ2) is 22.8. The van der Waals surface area contributed by atoms with Crippen LogP contribution in [-0.4, -0.2) is 37.0 Å². The standard InChI is InChI=1S/C14H18ClNS2.C8H10ClNS.C5H6S.2C4H6/c1-4-5-17-10(2)6-11-8-16(3)9-13-12(11)7-14(15)18-13;1-10-3-2-6-4-8(9)11-7(6)5-10;1-5-3-2-4-6-5;2*1-3-4-2/h4-7,11H,8-9H2,1-3H3;4H,2-3,5H2,1H3;2-4H,1H3;2*3-4H,1-2H2/b5-4-,10-6+;;;;. The summed E-state index contributed by atoms with van der Waals surface area (Å²) in [6.07, 6.45) is 12.2. The number of allylic oxidation sites excluding steroid dienone is 6. The molecule has 0 spiro atoms. The molecule has 0 N–H and O–H groups in total. The number of halogens is 2. The molecule has 2 nitrogen and oxygen atoms in total. The number of aryl methyl sites for hydroxylation is 1. The van der Waals surface area contributed by atoms with Gasteiger partial charge in [0.25, 0.3) is 0 Å². The number of thiophene rings is 3. The number of thioether (sulfide) groups is 1. The van der Waals surface area contributed by atoms with Gasteiger partial charge in [0, 0.05) is 46.7 Å². The molecule has 0 aromatic carbocycles. The van der Waals surface area contributed by atoms with E-state index in [1.54, 1.807) is 70.1 Å². The van der Waals surface area contributed by atoms with Gasteiger partial charge in [-0.05, 0) is 86.3 Å². The van der Waals surface area contributed by atoms with E-state index in [4.69, 9.17) is 23.2 Å². The van der Waals surface area contributed by atoms with Gasteiger partial charge in [0.05, 0.1) is 8.67 Å². The second-order valence-corrected chi connectivity index (χ2v) is 15.6. The molecule has 0 saturated heterocycles. The van der Waals surface area contributed by atoms with E-state index in [1.165, 1.54) is 37.2 Å². The van der Waals surface area contributed by atoms with Crippen molar-refractivity contribution in [2.45, 2.75) is 46.2 Å². The van der Waals surface area contributed by atoms with Crippen LogP contribution >= 0.6 is 69.0 Å². The molecule has 0 bridgehead atoms. The average Bonchev–Trinajstić information content (AvgIpc) is 3.71. The lowest BCUT2D eigenvalue weighted by atomic mass is 9.95. The highest BCUT2D eigenvalue weighted by molar-refractivity contribution is 8.05. The molecule has 0 aliphatic carbocycles. The molecule has 8 heteroatoms. The Hall–Kier alpha value is -1.61. The van der Waals surface area contributed by atoms with Crippen molar-refractivity contribution in [3.8, 4) is 0 Å². The molecule has 1 atom stereocenters. The first kappa shape index (κ1) is 39.4. The monoisotopic (exact) mass is 692 g/mol. The molecular weight excluding hydrogens is 648 g/mol. The first-order valence-corrected chi connectivity index (χ1v) is 18.1. The Labute approximate surface area is 287 Å². The Kier molecular flexibility index (Phi) is 20.9. The van der Waals surface area contributed by atoms with E-state index >= 15 is 0 Å². The molecule has 5 heterocycles. The Bertz CT molecular complexity index is 1280. The number of rotatable bonds is 5. The van der Waals surface area contributed by atoms with Crippen molar-refractivity contribution in [3.63, 3.8) is 0 Å². The van der Waals surface area contributed by atoms with Gasteiger partial charge < -0.3 is 9.80 Å². The van der Waals surface area contributed by atoms with Crippen molar-refractivity contribution in [2.75, 3.05) is 27.2 Å². The molecule has 2 aliphatic rings. The third-order valence-corrected chi connectivity index (χ3v) is 10.3. The lowest BCUT2D eigenvalue weighted by Crippen LogP contribution is -2.28. The number of fused-ring (bicyclic) bond motifs is 2. The van der Waals surface area contributed by atoms with Crippen LogP contribution in [0.1, 0.15) is 45.5 Å². The van der Waals surface area contributed by atoms with Crippen molar-refractivity contribution in [1.82, 2.24) is 9.80 Å². The minimum Gasteiger partial charge on any atom is -0.301 e. The van der Waals surface area contributed by atoms with Gasteiger partial charge >= 0.3 is 0 Å². The van der Waals surface area contributed by atoms with E-state index in [0.29, 0.717) is 5.92 Å². The summed E-state index contributed by atoms with van der Waals surface area (Å²) in [6, 6.07) is 8.41. The SMILES string of the molecule is C/C=C\S/C(C)=C/C1CN(C)Cc2sc(Cl)cc21.C=CC=C.C=CC=C.CN1CCc2cc(Cl)sc2C1.Cc1cccs1. The molecule has 3 aromatic rings. The smallest absolute Gasteiger partial charge is 0.0934 e. The van der Waals surface area contributed by atoms with Crippen molar-refractivity contribution in [2.24, 2.45) is 0 Å². The average molecular weight is 694 g/mol. The van der Waals surface area contributed by atoms with Crippen LogP contribution in [-0.2, 0) is 19.5 Å². The fourth-order valence-electron chi connectivity index (χ4n) is 4.00. The Morgan fingerprint density at radius 2 is 1.56 bits per heavy atom. The third-order valence-electron chi connectivity index (χ3n) is 6.00. The highest BCUT2D eigenvalue weighted by Gasteiger charge is 2.24. The zero-order valence-electron chi connectivity index (χ0n) is 26.2. The molecule has 2 aliphatic heterocycles.